The molecule has 2 heterocycles. The Kier molecular flexibility index (Phi) is 4.77. The first-order valence-electron chi connectivity index (χ1n) is 8.11. The third-order valence-electron chi connectivity index (χ3n) is 4.20. The molecular formula is C19H15ClN2OS3. The summed E-state index contributed by atoms with van der Waals surface area (Å²) < 4.78 is 0.564. The van der Waals surface area contributed by atoms with Gasteiger partial charge in [-0.3, -0.25) is 9.69 Å². The number of rotatable bonds is 2. The van der Waals surface area contributed by atoms with E-state index < -0.39 is 0 Å². The summed E-state index contributed by atoms with van der Waals surface area (Å²) in [6, 6.07) is 13.7. The molecule has 0 N–H and O–H groups in total. The second-order valence-corrected chi connectivity index (χ2v) is 9.05. The van der Waals surface area contributed by atoms with Crippen molar-refractivity contribution in [1.29, 1.82) is 0 Å². The number of carbonyl (C=O) groups excluding carboxylic acids is 1. The van der Waals surface area contributed by atoms with Crippen LogP contribution in [-0.2, 0) is 4.79 Å². The molecule has 0 aromatic heterocycles. The smallest absolute Gasteiger partial charge is 0.273 e. The SMILES string of the molecule is CCN1/C(=C2/SC(=S)N(c3cccc(C)c3)C2=O)Sc2ccc(Cl)cc21. The van der Waals surface area contributed by atoms with Gasteiger partial charge in [-0.25, -0.2) is 0 Å². The Morgan fingerprint density at radius 3 is 2.69 bits per heavy atom. The molecule has 0 saturated carbocycles. The molecule has 0 atom stereocenters. The number of hydrogen-bond donors (Lipinski definition) is 0. The fourth-order valence-electron chi connectivity index (χ4n) is 3.03. The summed E-state index contributed by atoms with van der Waals surface area (Å²) in [6.07, 6.45) is 0. The van der Waals surface area contributed by atoms with Gasteiger partial charge in [0.05, 0.1) is 11.4 Å². The molecule has 132 valence electrons. The molecule has 1 amide bonds. The minimum Gasteiger partial charge on any atom is -0.334 e. The van der Waals surface area contributed by atoms with Crippen LogP contribution in [0.4, 0.5) is 11.4 Å². The van der Waals surface area contributed by atoms with Gasteiger partial charge in [-0.05, 0) is 49.7 Å². The molecule has 26 heavy (non-hydrogen) atoms. The zero-order valence-corrected chi connectivity index (χ0v) is 17.4. The highest BCUT2D eigenvalue weighted by Gasteiger charge is 2.39. The van der Waals surface area contributed by atoms with Crippen LogP contribution in [0, 0.1) is 6.92 Å². The van der Waals surface area contributed by atoms with Crippen LogP contribution < -0.4 is 9.80 Å². The number of thiocarbonyl (C=S) groups is 1. The molecule has 2 aromatic rings. The van der Waals surface area contributed by atoms with Crippen LogP contribution in [0.15, 0.2) is 57.3 Å². The fraction of sp³-hybridized carbons (Fsp3) is 0.158. The highest BCUT2D eigenvalue weighted by atomic mass is 35.5. The Morgan fingerprint density at radius 2 is 1.96 bits per heavy atom. The first-order valence-corrected chi connectivity index (χ1v) is 10.5. The number of carbonyl (C=O) groups is 1. The number of thioether (sulfide) groups is 2. The number of halogens is 1. The molecule has 2 aliphatic heterocycles. The van der Waals surface area contributed by atoms with Gasteiger partial charge in [-0.15, -0.1) is 0 Å². The Labute approximate surface area is 171 Å². The van der Waals surface area contributed by atoms with Crippen LogP contribution in [0.5, 0.6) is 0 Å². The van der Waals surface area contributed by atoms with Crippen LogP contribution in [-0.4, -0.2) is 16.8 Å². The molecule has 1 saturated heterocycles. The van der Waals surface area contributed by atoms with E-state index in [-0.39, 0.29) is 5.91 Å². The molecule has 7 heteroatoms. The summed E-state index contributed by atoms with van der Waals surface area (Å²) in [4.78, 5) is 18.7. The van der Waals surface area contributed by atoms with Crippen LogP contribution in [0.2, 0.25) is 5.02 Å². The van der Waals surface area contributed by atoms with Crippen molar-refractivity contribution in [3.8, 4) is 0 Å². The van der Waals surface area contributed by atoms with Gasteiger partial charge in [0.1, 0.15) is 9.93 Å². The van der Waals surface area contributed by atoms with Crippen molar-refractivity contribution in [3.63, 3.8) is 0 Å². The Bertz CT molecular complexity index is 973. The van der Waals surface area contributed by atoms with Gasteiger partial charge in [-0.1, -0.05) is 59.5 Å². The maximum Gasteiger partial charge on any atom is 0.273 e. The maximum atomic E-state index is 13.2. The van der Waals surface area contributed by atoms with Crippen molar-refractivity contribution >= 4 is 68.9 Å². The lowest BCUT2D eigenvalue weighted by Crippen LogP contribution is -2.28. The number of hydrogen-bond acceptors (Lipinski definition) is 5. The molecular weight excluding hydrogens is 404 g/mol. The van der Waals surface area contributed by atoms with Gasteiger partial charge < -0.3 is 4.90 Å². The third kappa shape index (κ3) is 2.95. The Morgan fingerprint density at radius 1 is 1.15 bits per heavy atom. The van der Waals surface area contributed by atoms with E-state index in [1.165, 1.54) is 11.8 Å². The zero-order chi connectivity index (χ0) is 18.4. The van der Waals surface area contributed by atoms with Crippen LogP contribution in [0.1, 0.15) is 12.5 Å². The fourth-order valence-corrected chi connectivity index (χ4v) is 5.85. The lowest BCUT2D eigenvalue weighted by Gasteiger charge is -2.19. The van der Waals surface area contributed by atoms with Crippen LogP contribution in [0.25, 0.3) is 0 Å². The van der Waals surface area contributed by atoms with Crippen molar-refractivity contribution in [2.75, 3.05) is 16.3 Å². The molecule has 0 radical (unpaired) electrons. The Balaban J connectivity index is 1.77. The maximum absolute atomic E-state index is 13.2. The molecule has 2 aromatic carbocycles. The summed E-state index contributed by atoms with van der Waals surface area (Å²) in [6.45, 7) is 4.83. The normalized spacial score (nSPS) is 19.5. The van der Waals surface area contributed by atoms with E-state index in [2.05, 4.69) is 11.8 Å². The molecule has 0 aliphatic carbocycles. The molecule has 1 fully saturated rings. The van der Waals surface area contributed by atoms with Crippen molar-refractivity contribution in [3.05, 3.63) is 63.0 Å². The predicted molar refractivity (Wildman–Crippen MR) is 116 cm³/mol. The van der Waals surface area contributed by atoms with E-state index in [4.69, 9.17) is 23.8 Å². The first-order chi connectivity index (χ1) is 12.5. The quantitative estimate of drug-likeness (QED) is 0.452. The monoisotopic (exact) mass is 418 g/mol. The van der Waals surface area contributed by atoms with Crippen molar-refractivity contribution in [1.82, 2.24) is 0 Å². The van der Waals surface area contributed by atoms with E-state index in [9.17, 15) is 4.79 Å². The molecule has 3 nitrogen and oxygen atoms in total. The molecule has 0 spiro atoms. The summed E-state index contributed by atoms with van der Waals surface area (Å²) in [5.41, 5.74) is 2.95. The average Bonchev–Trinajstić information content (AvgIpc) is 3.11. The summed E-state index contributed by atoms with van der Waals surface area (Å²) in [5, 5.41) is 1.62. The van der Waals surface area contributed by atoms with Crippen molar-refractivity contribution in [2.24, 2.45) is 0 Å². The van der Waals surface area contributed by atoms with Gasteiger partial charge in [-0.2, -0.15) is 0 Å². The van der Waals surface area contributed by atoms with Crippen molar-refractivity contribution < 1.29 is 4.79 Å². The van der Waals surface area contributed by atoms with E-state index in [0.717, 1.165) is 33.4 Å². The number of anilines is 2. The summed E-state index contributed by atoms with van der Waals surface area (Å²) in [7, 11) is 0. The van der Waals surface area contributed by atoms with E-state index in [1.54, 1.807) is 16.7 Å². The standard InChI is InChI=1S/C19H15ClN2OS3/c1-3-21-14-10-12(20)7-8-15(14)25-18(21)16-17(23)22(19(24)26-16)13-6-4-5-11(2)9-13/h4-10H,3H2,1-2H3/b18-16-. The zero-order valence-electron chi connectivity index (χ0n) is 14.2. The molecule has 0 unspecified atom stereocenters. The first kappa shape index (κ1) is 17.9. The second-order valence-electron chi connectivity index (χ2n) is 5.94. The summed E-state index contributed by atoms with van der Waals surface area (Å²) in [5.74, 6) is -0.0644. The van der Waals surface area contributed by atoms with Crippen LogP contribution in [0.3, 0.4) is 0 Å². The highest BCUT2D eigenvalue weighted by molar-refractivity contribution is 8.27. The highest BCUT2D eigenvalue weighted by Crippen LogP contribution is 2.51. The molecule has 4 rings (SSSR count). The second kappa shape index (κ2) is 6.93. The number of benzene rings is 2. The Hall–Kier alpha value is -1.47. The summed E-state index contributed by atoms with van der Waals surface area (Å²) >= 11 is 14.7. The lowest BCUT2D eigenvalue weighted by atomic mass is 10.2. The minimum absolute atomic E-state index is 0.0644. The van der Waals surface area contributed by atoms with E-state index >= 15 is 0 Å². The average molecular weight is 419 g/mol. The largest absolute Gasteiger partial charge is 0.334 e. The number of amides is 1. The topological polar surface area (TPSA) is 23.6 Å². The van der Waals surface area contributed by atoms with Gasteiger partial charge >= 0.3 is 0 Å². The number of fused-ring (bicyclic) bond motifs is 1. The number of nitrogens with zero attached hydrogens (tertiary/aromatic N) is 2. The van der Waals surface area contributed by atoms with Gasteiger partial charge in [0.25, 0.3) is 5.91 Å². The van der Waals surface area contributed by atoms with Gasteiger partial charge in [0.15, 0.2) is 4.32 Å². The minimum atomic E-state index is -0.0644. The lowest BCUT2D eigenvalue weighted by molar-refractivity contribution is -0.113. The third-order valence-corrected chi connectivity index (χ3v) is 7.11. The predicted octanol–water partition coefficient (Wildman–Crippen LogP) is 5.81. The van der Waals surface area contributed by atoms with Gasteiger partial charge in [0, 0.05) is 16.5 Å². The molecule has 0 bridgehead atoms. The van der Waals surface area contributed by atoms with Gasteiger partial charge in [0.2, 0.25) is 0 Å². The number of aryl methyl sites for hydroxylation is 1. The van der Waals surface area contributed by atoms with E-state index in [0.29, 0.717) is 14.2 Å². The molecule has 2 aliphatic rings. The van der Waals surface area contributed by atoms with Crippen molar-refractivity contribution in [2.45, 2.75) is 18.7 Å². The van der Waals surface area contributed by atoms with Crippen LogP contribution >= 0.6 is 47.3 Å². The van der Waals surface area contributed by atoms with E-state index in [1.807, 2.05) is 49.4 Å².